The molecule has 2 rings (SSSR count). The highest BCUT2D eigenvalue weighted by molar-refractivity contribution is 9.10. The highest BCUT2D eigenvalue weighted by Crippen LogP contribution is 2.27. The summed E-state index contributed by atoms with van der Waals surface area (Å²) in [5.41, 5.74) is 0.853. The number of pyridine rings is 1. The summed E-state index contributed by atoms with van der Waals surface area (Å²) in [7, 11) is 0. The third-order valence-electron chi connectivity index (χ3n) is 1.96. The molecule has 0 saturated carbocycles. The zero-order valence-electron chi connectivity index (χ0n) is 7.57. The summed E-state index contributed by atoms with van der Waals surface area (Å²) in [4.78, 5) is 14.4. The third kappa shape index (κ3) is 1.59. The first-order chi connectivity index (χ1) is 7.00. The Morgan fingerprint density at radius 2 is 2.33 bits per heavy atom. The zero-order chi connectivity index (χ0) is 11.2. The molecule has 2 aromatic rings. The van der Waals surface area contributed by atoms with Gasteiger partial charge in [-0.3, -0.25) is 0 Å². The zero-order valence-corrected chi connectivity index (χ0v) is 9.91. The van der Waals surface area contributed by atoms with Crippen LogP contribution in [0.15, 0.2) is 16.7 Å². The van der Waals surface area contributed by atoms with Crippen LogP contribution in [0.25, 0.3) is 5.65 Å². The van der Waals surface area contributed by atoms with E-state index in [0.717, 1.165) is 0 Å². The maximum Gasteiger partial charge on any atom is 0.350 e. The molecule has 2 aromatic heterocycles. The molecule has 0 unspecified atom stereocenters. The van der Waals surface area contributed by atoms with E-state index in [1.54, 1.807) is 13.0 Å². The Hall–Kier alpha value is -1.14. The molecule has 0 amide bonds. The molecule has 0 aliphatic rings. The predicted molar refractivity (Wildman–Crippen MR) is 59.3 cm³/mol. The summed E-state index contributed by atoms with van der Waals surface area (Å²) in [6.45, 7) is 1.59. The van der Waals surface area contributed by atoms with Crippen LogP contribution in [0.4, 0.5) is 5.82 Å². The normalized spacial score (nSPS) is 10.9. The van der Waals surface area contributed by atoms with Crippen molar-refractivity contribution >= 4 is 39.0 Å². The van der Waals surface area contributed by atoms with Crippen molar-refractivity contribution in [2.45, 2.75) is 6.92 Å². The topological polar surface area (TPSA) is 60.4 Å². The monoisotopic (exact) mass is 289 g/mol. The molecule has 0 aromatic carbocycles. The average Bonchev–Trinajstić information content (AvgIpc) is 2.41. The minimum absolute atomic E-state index is 0.0619. The third-order valence-corrected chi connectivity index (χ3v) is 2.75. The van der Waals surface area contributed by atoms with Crippen molar-refractivity contribution in [2.24, 2.45) is 0 Å². The van der Waals surface area contributed by atoms with Gasteiger partial charge in [0.2, 0.25) is 5.65 Å². The molecular formula is C8H5BrClN3O2. The van der Waals surface area contributed by atoms with Gasteiger partial charge in [-0.2, -0.15) is 4.40 Å². The lowest BCUT2D eigenvalue weighted by Crippen LogP contribution is -1.95. The van der Waals surface area contributed by atoms with Gasteiger partial charge in [0.05, 0.1) is 9.50 Å². The average molecular weight is 291 g/mol. The van der Waals surface area contributed by atoms with E-state index < -0.39 is 4.92 Å². The van der Waals surface area contributed by atoms with Gasteiger partial charge in [0, 0.05) is 0 Å². The van der Waals surface area contributed by atoms with E-state index in [2.05, 4.69) is 20.9 Å². The Bertz CT molecular complexity index is 567. The number of halogens is 2. The molecule has 0 radical (unpaired) electrons. The van der Waals surface area contributed by atoms with Crippen molar-refractivity contribution in [1.82, 2.24) is 9.38 Å². The van der Waals surface area contributed by atoms with E-state index >= 15 is 0 Å². The first-order valence-corrected chi connectivity index (χ1v) is 5.16. The lowest BCUT2D eigenvalue weighted by atomic mass is 10.5. The fourth-order valence-corrected chi connectivity index (χ4v) is 2.26. The van der Waals surface area contributed by atoms with Crippen LogP contribution in [-0.4, -0.2) is 14.3 Å². The van der Waals surface area contributed by atoms with Crippen molar-refractivity contribution in [3.63, 3.8) is 0 Å². The van der Waals surface area contributed by atoms with E-state index in [-0.39, 0.29) is 5.82 Å². The van der Waals surface area contributed by atoms with Crippen LogP contribution in [0.5, 0.6) is 0 Å². The smallest absolute Gasteiger partial charge is 0.350 e. The van der Waals surface area contributed by atoms with Crippen LogP contribution < -0.4 is 0 Å². The first kappa shape index (κ1) is 10.4. The van der Waals surface area contributed by atoms with Crippen molar-refractivity contribution in [1.29, 1.82) is 0 Å². The molecule has 0 saturated heterocycles. The summed E-state index contributed by atoms with van der Waals surface area (Å²) >= 11 is 9.06. The Kier molecular flexibility index (Phi) is 2.40. The molecule has 0 aliphatic carbocycles. The van der Waals surface area contributed by atoms with Gasteiger partial charge in [-0.25, -0.2) is 4.98 Å². The summed E-state index contributed by atoms with van der Waals surface area (Å²) in [6.07, 6.45) is 1.47. The Morgan fingerprint density at radius 1 is 1.67 bits per heavy atom. The van der Waals surface area contributed by atoms with Gasteiger partial charge in [0.15, 0.2) is 0 Å². The molecule has 0 aliphatic heterocycles. The summed E-state index contributed by atoms with van der Waals surface area (Å²) in [6, 6.07) is 1.65. The van der Waals surface area contributed by atoms with Gasteiger partial charge < -0.3 is 10.1 Å². The number of hydrogen-bond acceptors (Lipinski definition) is 3. The molecule has 0 fully saturated rings. The van der Waals surface area contributed by atoms with Crippen molar-refractivity contribution in [3.8, 4) is 0 Å². The largest absolute Gasteiger partial charge is 0.358 e. The number of imidazole rings is 1. The SMILES string of the molecule is Cc1nc2c(Br)cc(Cl)cn2c1[N+](=O)[O-]. The number of aromatic nitrogens is 2. The highest BCUT2D eigenvalue weighted by Gasteiger charge is 2.21. The number of nitro groups is 1. The molecule has 0 N–H and O–H groups in total. The quantitative estimate of drug-likeness (QED) is 0.599. The maximum atomic E-state index is 10.8. The fourth-order valence-electron chi connectivity index (χ4n) is 1.39. The van der Waals surface area contributed by atoms with Crippen LogP contribution >= 0.6 is 27.5 Å². The van der Waals surface area contributed by atoms with E-state index in [9.17, 15) is 10.1 Å². The minimum atomic E-state index is -0.474. The van der Waals surface area contributed by atoms with Gasteiger partial charge in [-0.1, -0.05) is 11.6 Å². The van der Waals surface area contributed by atoms with Crippen molar-refractivity contribution < 1.29 is 4.92 Å². The summed E-state index contributed by atoms with van der Waals surface area (Å²) < 4.78 is 1.99. The predicted octanol–water partition coefficient (Wildman–Crippen LogP) is 2.97. The van der Waals surface area contributed by atoms with Gasteiger partial charge in [-0.15, -0.1) is 0 Å². The van der Waals surface area contributed by atoms with Crippen LogP contribution in [0.2, 0.25) is 5.02 Å². The summed E-state index contributed by atoms with van der Waals surface area (Å²) in [5, 5.41) is 11.2. The molecule has 0 atom stereocenters. The van der Waals surface area contributed by atoms with Crippen LogP contribution in [0.1, 0.15) is 5.69 Å². The van der Waals surface area contributed by atoms with E-state index in [4.69, 9.17) is 11.6 Å². The van der Waals surface area contributed by atoms with E-state index in [1.165, 1.54) is 10.6 Å². The molecule has 7 heteroatoms. The van der Waals surface area contributed by atoms with E-state index in [0.29, 0.717) is 20.8 Å². The van der Waals surface area contributed by atoms with Gasteiger partial charge in [0.1, 0.15) is 11.9 Å². The second kappa shape index (κ2) is 3.46. The van der Waals surface area contributed by atoms with Crippen molar-refractivity contribution in [2.75, 3.05) is 0 Å². The number of nitrogens with zero attached hydrogens (tertiary/aromatic N) is 3. The van der Waals surface area contributed by atoms with Gasteiger partial charge in [-0.05, 0) is 33.8 Å². The molecule has 15 heavy (non-hydrogen) atoms. The van der Waals surface area contributed by atoms with Gasteiger partial charge in [0.25, 0.3) is 0 Å². The lowest BCUT2D eigenvalue weighted by molar-refractivity contribution is -0.390. The summed E-state index contributed by atoms with van der Waals surface area (Å²) in [5.74, 6) is -0.0619. The molecular weight excluding hydrogens is 285 g/mol. The Balaban J connectivity index is 2.93. The Morgan fingerprint density at radius 3 is 2.93 bits per heavy atom. The molecule has 0 spiro atoms. The number of hydrogen-bond donors (Lipinski definition) is 0. The fraction of sp³-hybridized carbons (Fsp3) is 0.125. The maximum absolute atomic E-state index is 10.8. The number of fused-ring (bicyclic) bond motifs is 1. The lowest BCUT2D eigenvalue weighted by Gasteiger charge is -1.95. The highest BCUT2D eigenvalue weighted by atomic mass is 79.9. The number of rotatable bonds is 1. The molecule has 5 nitrogen and oxygen atoms in total. The molecule has 2 heterocycles. The van der Waals surface area contributed by atoms with Crippen LogP contribution in [0.3, 0.4) is 0 Å². The van der Waals surface area contributed by atoms with Crippen molar-refractivity contribution in [3.05, 3.63) is 37.6 Å². The Labute approximate surface area is 98.0 Å². The molecule has 78 valence electrons. The van der Waals surface area contributed by atoms with Gasteiger partial charge >= 0.3 is 5.82 Å². The van der Waals surface area contributed by atoms with Crippen LogP contribution in [-0.2, 0) is 0 Å². The van der Waals surface area contributed by atoms with Crippen LogP contribution in [0, 0.1) is 17.0 Å². The molecule has 0 bridgehead atoms. The second-order valence-corrected chi connectivity index (χ2v) is 4.27. The number of aryl methyl sites for hydroxylation is 1. The standard InChI is InChI=1S/C8H5BrClN3O2/c1-4-8(13(14)15)12-3-5(10)2-6(9)7(12)11-4/h2-3H,1H3. The minimum Gasteiger partial charge on any atom is -0.358 e. The first-order valence-electron chi connectivity index (χ1n) is 3.99. The second-order valence-electron chi connectivity index (χ2n) is 2.98. The van der Waals surface area contributed by atoms with E-state index in [1.807, 2.05) is 0 Å².